The topological polar surface area (TPSA) is 66.4 Å². The number of sulfone groups is 1. The fourth-order valence-electron chi connectivity index (χ4n) is 0.855. The van der Waals surface area contributed by atoms with Gasteiger partial charge >= 0.3 is 0 Å². The van der Waals surface area contributed by atoms with Gasteiger partial charge in [0.25, 0.3) is 0 Å². The standard InChI is InChI=1S/C9H21NO3S/c1-4-14(12,13)6-5-10-7-9(2,3)8-11/h10-11H,4-8H2,1-3H3. The molecular weight excluding hydrogens is 202 g/mol. The molecule has 5 heteroatoms. The van der Waals surface area contributed by atoms with Crippen LogP contribution >= 0.6 is 0 Å². The van der Waals surface area contributed by atoms with Crippen LogP contribution in [-0.4, -0.2) is 44.7 Å². The van der Waals surface area contributed by atoms with Crippen LogP contribution in [0, 0.1) is 5.41 Å². The van der Waals surface area contributed by atoms with Gasteiger partial charge in [-0.25, -0.2) is 8.42 Å². The van der Waals surface area contributed by atoms with Crippen LogP contribution in [0.3, 0.4) is 0 Å². The third kappa shape index (κ3) is 6.34. The molecule has 0 atom stereocenters. The van der Waals surface area contributed by atoms with Gasteiger partial charge in [0.1, 0.15) is 0 Å². The second-order valence-electron chi connectivity index (χ2n) is 4.24. The molecule has 0 spiro atoms. The van der Waals surface area contributed by atoms with Crippen molar-refractivity contribution >= 4 is 9.84 Å². The van der Waals surface area contributed by atoms with Gasteiger partial charge in [-0.05, 0) is 0 Å². The Morgan fingerprint density at radius 3 is 2.36 bits per heavy atom. The van der Waals surface area contributed by atoms with E-state index >= 15 is 0 Å². The van der Waals surface area contributed by atoms with Crippen molar-refractivity contribution in [2.75, 3.05) is 31.2 Å². The Labute approximate surface area is 86.6 Å². The molecule has 0 aromatic carbocycles. The summed E-state index contributed by atoms with van der Waals surface area (Å²) in [6.07, 6.45) is 0. The van der Waals surface area contributed by atoms with Crippen molar-refractivity contribution in [3.8, 4) is 0 Å². The van der Waals surface area contributed by atoms with Gasteiger partial charge in [0.2, 0.25) is 0 Å². The SMILES string of the molecule is CCS(=O)(=O)CCNCC(C)(C)CO. The van der Waals surface area contributed by atoms with E-state index in [4.69, 9.17) is 5.11 Å². The molecule has 0 unspecified atom stereocenters. The number of nitrogens with one attached hydrogen (secondary N) is 1. The molecule has 86 valence electrons. The highest BCUT2D eigenvalue weighted by Gasteiger charge is 2.15. The lowest BCUT2D eigenvalue weighted by atomic mass is 9.95. The lowest BCUT2D eigenvalue weighted by Crippen LogP contribution is -2.35. The molecule has 0 bridgehead atoms. The van der Waals surface area contributed by atoms with Crippen molar-refractivity contribution in [1.29, 1.82) is 0 Å². The molecule has 0 aromatic rings. The van der Waals surface area contributed by atoms with Crippen LogP contribution in [0.5, 0.6) is 0 Å². The molecule has 0 aromatic heterocycles. The maximum absolute atomic E-state index is 11.1. The molecule has 0 aliphatic heterocycles. The monoisotopic (exact) mass is 223 g/mol. The van der Waals surface area contributed by atoms with Crippen molar-refractivity contribution in [3.05, 3.63) is 0 Å². The summed E-state index contributed by atoms with van der Waals surface area (Å²) in [5, 5.41) is 12.0. The van der Waals surface area contributed by atoms with Crippen LogP contribution < -0.4 is 5.32 Å². The van der Waals surface area contributed by atoms with Crippen LogP contribution in [0.1, 0.15) is 20.8 Å². The van der Waals surface area contributed by atoms with E-state index in [2.05, 4.69) is 5.32 Å². The Morgan fingerprint density at radius 1 is 1.36 bits per heavy atom. The maximum Gasteiger partial charge on any atom is 0.151 e. The van der Waals surface area contributed by atoms with Crippen LogP contribution in [0.2, 0.25) is 0 Å². The summed E-state index contributed by atoms with van der Waals surface area (Å²) in [7, 11) is -2.87. The van der Waals surface area contributed by atoms with E-state index in [1.165, 1.54) is 0 Å². The van der Waals surface area contributed by atoms with Crippen LogP contribution in [0.4, 0.5) is 0 Å². The maximum atomic E-state index is 11.1. The van der Waals surface area contributed by atoms with Crippen molar-refractivity contribution < 1.29 is 13.5 Å². The molecule has 0 saturated heterocycles. The second-order valence-corrected chi connectivity index (χ2v) is 6.71. The molecule has 2 N–H and O–H groups in total. The van der Waals surface area contributed by atoms with Gasteiger partial charge < -0.3 is 10.4 Å². The van der Waals surface area contributed by atoms with Crippen molar-refractivity contribution in [2.45, 2.75) is 20.8 Å². The van der Waals surface area contributed by atoms with Crippen LogP contribution in [0.25, 0.3) is 0 Å². The highest BCUT2D eigenvalue weighted by molar-refractivity contribution is 7.91. The van der Waals surface area contributed by atoms with E-state index in [-0.39, 0.29) is 23.5 Å². The fourth-order valence-corrected chi connectivity index (χ4v) is 1.60. The average Bonchev–Trinajstić information content (AvgIpc) is 2.13. The molecular formula is C9H21NO3S. The minimum atomic E-state index is -2.87. The average molecular weight is 223 g/mol. The van der Waals surface area contributed by atoms with Gasteiger partial charge in [-0.3, -0.25) is 0 Å². The van der Waals surface area contributed by atoms with Gasteiger partial charge in [-0.2, -0.15) is 0 Å². The molecule has 0 radical (unpaired) electrons. The lowest BCUT2D eigenvalue weighted by molar-refractivity contribution is 0.158. The van der Waals surface area contributed by atoms with E-state index in [0.717, 1.165) is 0 Å². The molecule has 0 heterocycles. The smallest absolute Gasteiger partial charge is 0.151 e. The Bertz CT molecular complexity index is 247. The summed E-state index contributed by atoms with van der Waals surface area (Å²) >= 11 is 0. The molecule has 0 aliphatic carbocycles. The van der Waals surface area contributed by atoms with Crippen molar-refractivity contribution in [3.63, 3.8) is 0 Å². The predicted octanol–water partition coefficient (Wildman–Crippen LogP) is 0.0292. The number of hydrogen-bond donors (Lipinski definition) is 2. The van der Waals surface area contributed by atoms with E-state index in [1.54, 1.807) is 6.92 Å². The first-order chi connectivity index (χ1) is 6.33. The highest BCUT2D eigenvalue weighted by Crippen LogP contribution is 2.10. The predicted molar refractivity (Wildman–Crippen MR) is 58.1 cm³/mol. The zero-order valence-electron chi connectivity index (χ0n) is 9.21. The summed E-state index contributed by atoms with van der Waals surface area (Å²) in [5.41, 5.74) is -0.185. The molecule has 0 amide bonds. The molecule has 0 fully saturated rings. The number of hydrogen-bond acceptors (Lipinski definition) is 4. The van der Waals surface area contributed by atoms with Gasteiger partial charge in [0.15, 0.2) is 9.84 Å². The Hall–Kier alpha value is -0.130. The number of aliphatic hydroxyl groups excluding tert-OH is 1. The number of rotatable bonds is 7. The molecule has 0 rings (SSSR count). The first kappa shape index (κ1) is 13.9. The van der Waals surface area contributed by atoms with Crippen LogP contribution in [-0.2, 0) is 9.84 Å². The molecule has 14 heavy (non-hydrogen) atoms. The third-order valence-electron chi connectivity index (χ3n) is 2.06. The molecule has 0 saturated carbocycles. The first-order valence-corrected chi connectivity index (χ1v) is 6.67. The Balaban J connectivity index is 3.68. The quantitative estimate of drug-likeness (QED) is 0.598. The Kier molecular flexibility index (Phi) is 5.63. The zero-order valence-corrected chi connectivity index (χ0v) is 10.0. The van der Waals surface area contributed by atoms with Gasteiger partial charge in [-0.15, -0.1) is 0 Å². The van der Waals surface area contributed by atoms with E-state index in [9.17, 15) is 8.42 Å². The van der Waals surface area contributed by atoms with E-state index in [1.807, 2.05) is 13.8 Å². The van der Waals surface area contributed by atoms with Gasteiger partial charge in [-0.1, -0.05) is 20.8 Å². The van der Waals surface area contributed by atoms with Gasteiger partial charge in [0.05, 0.1) is 5.75 Å². The fraction of sp³-hybridized carbons (Fsp3) is 1.00. The molecule has 0 aliphatic rings. The summed E-state index contributed by atoms with van der Waals surface area (Å²) in [6, 6.07) is 0. The number of aliphatic hydroxyl groups is 1. The lowest BCUT2D eigenvalue weighted by Gasteiger charge is -2.21. The van der Waals surface area contributed by atoms with E-state index < -0.39 is 9.84 Å². The Morgan fingerprint density at radius 2 is 1.93 bits per heavy atom. The first-order valence-electron chi connectivity index (χ1n) is 4.85. The second kappa shape index (κ2) is 5.68. The summed E-state index contributed by atoms with van der Waals surface area (Å²) in [6.45, 7) is 6.68. The largest absolute Gasteiger partial charge is 0.396 e. The summed E-state index contributed by atoms with van der Waals surface area (Å²) < 4.78 is 22.2. The third-order valence-corrected chi connectivity index (χ3v) is 3.77. The van der Waals surface area contributed by atoms with Crippen LogP contribution in [0.15, 0.2) is 0 Å². The zero-order chi connectivity index (χ0) is 11.2. The summed E-state index contributed by atoms with van der Waals surface area (Å²) in [4.78, 5) is 0. The van der Waals surface area contributed by atoms with Gasteiger partial charge in [0, 0.05) is 30.9 Å². The van der Waals surface area contributed by atoms with Crippen molar-refractivity contribution in [1.82, 2.24) is 5.32 Å². The molecule has 4 nitrogen and oxygen atoms in total. The summed E-state index contributed by atoms with van der Waals surface area (Å²) in [5.74, 6) is 0.364. The van der Waals surface area contributed by atoms with Crippen molar-refractivity contribution in [2.24, 2.45) is 5.41 Å². The minimum Gasteiger partial charge on any atom is -0.396 e. The highest BCUT2D eigenvalue weighted by atomic mass is 32.2. The normalized spacial score (nSPS) is 13.1. The minimum absolute atomic E-state index is 0.0977. The van der Waals surface area contributed by atoms with E-state index in [0.29, 0.717) is 13.1 Å².